The summed E-state index contributed by atoms with van der Waals surface area (Å²) in [5, 5.41) is 20.6. The SMILES string of the molecule is c1ccc2c(N3CCN(C4CCCCC4)CC3)nc(NCc3cn(CCCNCCCNC4CCCCC4)nn3)nc2c1. The fourth-order valence-corrected chi connectivity index (χ4v) is 7.14. The van der Waals surface area contributed by atoms with Crippen molar-refractivity contribution in [3.05, 3.63) is 36.2 Å². The number of fused-ring (bicyclic) bond motifs is 1. The van der Waals surface area contributed by atoms with Crippen molar-refractivity contribution in [2.24, 2.45) is 0 Å². The lowest BCUT2D eigenvalue weighted by atomic mass is 9.94. The molecule has 2 aliphatic carbocycles. The van der Waals surface area contributed by atoms with Gasteiger partial charge in [-0.25, -0.2) is 4.98 Å². The molecule has 43 heavy (non-hydrogen) atoms. The molecule has 2 aromatic heterocycles. The minimum atomic E-state index is 0.555. The third-order valence-electron chi connectivity index (χ3n) is 9.61. The van der Waals surface area contributed by atoms with E-state index in [9.17, 15) is 0 Å². The van der Waals surface area contributed by atoms with E-state index in [-0.39, 0.29) is 0 Å². The van der Waals surface area contributed by atoms with Crippen LogP contribution in [0.1, 0.15) is 82.7 Å². The second-order valence-corrected chi connectivity index (χ2v) is 12.8. The van der Waals surface area contributed by atoms with Crippen LogP contribution in [0.3, 0.4) is 0 Å². The topological polar surface area (TPSA) is 99.1 Å². The zero-order valence-electron chi connectivity index (χ0n) is 26.0. The number of para-hydroxylation sites is 1. The van der Waals surface area contributed by atoms with Gasteiger partial charge in [-0.1, -0.05) is 55.9 Å². The Bertz CT molecular complexity index is 1240. The van der Waals surface area contributed by atoms with Crippen molar-refractivity contribution in [2.45, 2.75) is 102 Å². The van der Waals surface area contributed by atoms with Crippen molar-refractivity contribution >= 4 is 22.7 Å². The second kappa shape index (κ2) is 15.8. The van der Waals surface area contributed by atoms with Crippen LogP contribution in [0.5, 0.6) is 0 Å². The van der Waals surface area contributed by atoms with Crippen LogP contribution in [-0.2, 0) is 13.1 Å². The molecule has 1 saturated heterocycles. The quantitative estimate of drug-likeness (QED) is 0.234. The maximum atomic E-state index is 5.02. The normalized spacial score (nSPS) is 19.3. The third kappa shape index (κ3) is 8.64. The zero-order chi connectivity index (χ0) is 29.1. The average Bonchev–Trinajstić information content (AvgIpc) is 3.53. The number of nitrogens with zero attached hydrogens (tertiary/aromatic N) is 7. The Morgan fingerprint density at radius 2 is 1.56 bits per heavy atom. The highest BCUT2D eigenvalue weighted by Gasteiger charge is 2.26. The van der Waals surface area contributed by atoms with Crippen molar-refractivity contribution in [2.75, 3.05) is 56.0 Å². The predicted molar refractivity (Wildman–Crippen MR) is 175 cm³/mol. The molecule has 3 heterocycles. The van der Waals surface area contributed by atoms with E-state index in [1.165, 1.54) is 70.6 Å². The summed E-state index contributed by atoms with van der Waals surface area (Å²) in [7, 11) is 0. The van der Waals surface area contributed by atoms with Crippen LogP contribution in [0.25, 0.3) is 10.9 Å². The van der Waals surface area contributed by atoms with Gasteiger partial charge in [-0.15, -0.1) is 5.10 Å². The monoisotopic (exact) mass is 588 g/mol. The largest absolute Gasteiger partial charge is 0.353 e. The molecule has 0 bridgehead atoms. The van der Waals surface area contributed by atoms with Crippen molar-refractivity contribution in [3.63, 3.8) is 0 Å². The molecule has 6 rings (SSSR count). The number of rotatable bonds is 14. The summed E-state index contributed by atoms with van der Waals surface area (Å²) < 4.78 is 1.95. The molecule has 0 spiro atoms. The van der Waals surface area contributed by atoms with Crippen LogP contribution in [0, 0.1) is 0 Å². The Hall–Kier alpha value is -2.82. The summed E-state index contributed by atoms with van der Waals surface area (Å²) in [5.74, 6) is 1.69. The molecule has 3 aromatic rings. The van der Waals surface area contributed by atoms with Crippen molar-refractivity contribution in [1.82, 2.24) is 40.5 Å². The average molecular weight is 589 g/mol. The summed E-state index contributed by atoms with van der Waals surface area (Å²) in [6, 6.07) is 9.91. The number of hydrogen-bond donors (Lipinski definition) is 3. The van der Waals surface area contributed by atoms with E-state index >= 15 is 0 Å². The van der Waals surface area contributed by atoms with E-state index in [4.69, 9.17) is 9.97 Å². The highest BCUT2D eigenvalue weighted by atomic mass is 15.4. The first-order valence-electron chi connectivity index (χ1n) is 17.1. The van der Waals surface area contributed by atoms with Crippen LogP contribution in [0.2, 0.25) is 0 Å². The highest BCUT2D eigenvalue weighted by Crippen LogP contribution is 2.28. The minimum Gasteiger partial charge on any atom is -0.353 e. The smallest absolute Gasteiger partial charge is 0.225 e. The molecule has 2 saturated carbocycles. The molecule has 0 atom stereocenters. The molecule has 0 unspecified atom stereocenters. The van der Waals surface area contributed by atoms with Gasteiger partial charge in [-0.2, -0.15) is 4.98 Å². The molecule has 3 aliphatic rings. The fraction of sp³-hybridized carbons (Fsp3) is 0.697. The van der Waals surface area contributed by atoms with Crippen LogP contribution in [-0.4, -0.2) is 87.8 Å². The second-order valence-electron chi connectivity index (χ2n) is 12.8. The molecular formula is C33H52N10. The number of piperazine rings is 1. The molecule has 10 nitrogen and oxygen atoms in total. The van der Waals surface area contributed by atoms with Gasteiger partial charge in [0.25, 0.3) is 0 Å². The number of aromatic nitrogens is 5. The lowest BCUT2D eigenvalue weighted by Gasteiger charge is -2.41. The number of anilines is 2. The summed E-state index contributed by atoms with van der Waals surface area (Å²) >= 11 is 0. The maximum absolute atomic E-state index is 5.02. The van der Waals surface area contributed by atoms with E-state index in [1.54, 1.807) is 0 Å². The first-order chi connectivity index (χ1) is 21.3. The zero-order valence-corrected chi connectivity index (χ0v) is 26.0. The van der Waals surface area contributed by atoms with Gasteiger partial charge in [-0.05, 0) is 70.3 Å². The maximum Gasteiger partial charge on any atom is 0.225 e. The third-order valence-corrected chi connectivity index (χ3v) is 9.61. The van der Waals surface area contributed by atoms with Gasteiger partial charge in [0.05, 0.1) is 18.3 Å². The van der Waals surface area contributed by atoms with Gasteiger partial charge in [0.2, 0.25) is 5.95 Å². The molecule has 1 aliphatic heterocycles. The standard InChI is InChI=1S/C33H52N10/c1-3-11-27(12-4-1)35-19-9-17-34-18-10-20-43-26-28(39-40-43)25-36-33-37-31-16-8-7-15-30(31)32(38-33)42-23-21-41(22-24-42)29-13-5-2-6-14-29/h7-8,15-16,26-27,29,34-35H,1-6,9-14,17-25H2,(H,36,37,38). The Labute approximate surface area is 257 Å². The molecule has 234 valence electrons. The molecule has 3 N–H and O–H groups in total. The van der Waals surface area contributed by atoms with Gasteiger partial charge in [0.15, 0.2) is 0 Å². The van der Waals surface area contributed by atoms with Gasteiger partial charge < -0.3 is 20.9 Å². The molecule has 3 fully saturated rings. The highest BCUT2D eigenvalue weighted by molar-refractivity contribution is 5.90. The van der Waals surface area contributed by atoms with Gasteiger partial charge >= 0.3 is 0 Å². The number of nitrogens with one attached hydrogen (secondary N) is 3. The molecule has 10 heteroatoms. The van der Waals surface area contributed by atoms with Crippen molar-refractivity contribution in [1.29, 1.82) is 0 Å². The number of benzene rings is 1. The Kier molecular flexibility index (Phi) is 11.1. The summed E-state index contributed by atoms with van der Waals surface area (Å²) in [6.07, 6.45) is 18.1. The molecular weight excluding hydrogens is 536 g/mol. The first-order valence-corrected chi connectivity index (χ1v) is 17.1. The van der Waals surface area contributed by atoms with Gasteiger partial charge in [0, 0.05) is 50.2 Å². The number of hydrogen-bond acceptors (Lipinski definition) is 9. The van der Waals surface area contributed by atoms with E-state index in [0.717, 1.165) is 93.3 Å². The first kappa shape index (κ1) is 30.2. The molecule has 0 radical (unpaired) electrons. The molecule has 1 aromatic carbocycles. The van der Waals surface area contributed by atoms with Crippen molar-refractivity contribution < 1.29 is 0 Å². The van der Waals surface area contributed by atoms with Crippen LogP contribution >= 0.6 is 0 Å². The predicted octanol–water partition coefficient (Wildman–Crippen LogP) is 4.58. The van der Waals surface area contributed by atoms with E-state index in [0.29, 0.717) is 12.5 Å². The van der Waals surface area contributed by atoms with Gasteiger partial charge in [0.1, 0.15) is 11.5 Å². The summed E-state index contributed by atoms with van der Waals surface area (Å²) in [5.41, 5.74) is 1.88. The Balaban J connectivity index is 0.943. The lowest BCUT2D eigenvalue weighted by molar-refractivity contribution is 0.148. The fourth-order valence-electron chi connectivity index (χ4n) is 7.14. The van der Waals surface area contributed by atoms with Gasteiger partial charge in [-0.3, -0.25) is 9.58 Å². The van der Waals surface area contributed by atoms with Crippen molar-refractivity contribution in [3.8, 4) is 0 Å². The van der Waals surface area contributed by atoms with Crippen LogP contribution in [0.15, 0.2) is 30.5 Å². The minimum absolute atomic E-state index is 0.555. The van der Waals surface area contributed by atoms with E-state index in [2.05, 4.69) is 60.3 Å². The molecule has 0 amide bonds. The Morgan fingerprint density at radius 3 is 2.40 bits per heavy atom. The van der Waals surface area contributed by atoms with Crippen LogP contribution in [0.4, 0.5) is 11.8 Å². The Morgan fingerprint density at radius 1 is 0.791 bits per heavy atom. The van der Waals surface area contributed by atoms with E-state index in [1.807, 2.05) is 10.9 Å². The van der Waals surface area contributed by atoms with Crippen LogP contribution < -0.4 is 20.9 Å². The lowest BCUT2D eigenvalue weighted by Crippen LogP contribution is -2.51. The summed E-state index contributed by atoms with van der Waals surface area (Å²) in [6.45, 7) is 8.86. The van der Waals surface area contributed by atoms with E-state index < -0.39 is 0 Å². The summed E-state index contributed by atoms with van der Waals surface area (Å²) in [4.78, 5) is 15.0. The number of aryl methyl sites for hydroxylation is 1.